The van der Waals surface area contributed by atoms with Crippen LogP contribution in [0.25, 0.3) is 0 Å². The number of aliphatic hydroxyl groups excluding tert-OH is 1. The maximum atomic E-state index is 12.3. The smallest absolute Gasteiger partial charge is 0.226 e. The van der Waals surface area contributed by atoms with Crippen molar-refractivity contribution in [1.82, 2.24) is 4.90 Å². The third-order valence-corrected chi connectivity index (χ3v) is 3.73. The van der Waals surface area contributed by atoms with Gasteiger partial charge in [0.15, 0.2) is 0 Å². The number of rotatable bonds is 2. The predicted octanol–water partition coefficient (Wildman–Crippen LogP) is 1.72. The molecule has 0 spiro atoms. The lowest BCUT2D eigenvalue weighted by atomic mass is 10.0. The van der Waals surface area contributed by atoms with Crippen LogP contribution < -0.4 is 0 Å². The quantitative estimate of drug-likeness (QED) is 0.724. The Balaban J connectivity index is 2.00. The summed E-state index contributed by atoms with van der Waals surface area (Å²) in [5.74, 6) is 0.401. The third-order valence-electron chi connectivity index (χ3n) is 3.73. The van der Waals surface area contributed by atoms with E-state index in [2.05, 4.69) is 12.2 Å². The van der Waals surface area contributed by atoms with Gasteiger partial charge in [0.05, 0.1) is 12.6 Å². The van der Waals surface area contributed by atoms with Gasteiger partial charge in [0.2, 0.25) is 5.91 Å². The van der Waals surface area contributed by atoms with Crippen molar-refractivity contribution >= 4 is 5.91 Å². The van der Waals surface area contributed by atoms with E-state index in [1.807, 2.05) is 4.90 Å². The fourth-order valence-electron chi connectivity index (χ4n) is 2.71. The molecule has 1 unspecified atom stereocenters. The molecule has 2 aliphatic rings. The highest BCUT2D eigenvalue weighted by molar-refractivity contribution is 5.80. The molecular weight excluding hydrogens is 202 g/mol. The first kappa shape index (κ1) is 11.6. The van der Waals surface area contributed by atoms with Gasteiger partial charge in [-0.3, -0.25) is 4.79 Å². The summed E-state index contributed by atoms with van der Waals surface area (Å²) in [6.07, 6.45) is 10.3. The van der Waals surface area contributed by atoms with Gasteiger partial charge in [-0.15, -0.1) is 0 Å². The number of allylic oxidation sites excluding steroid dienone is 2. The Hall–Kier alpha value is -0.830. The summed E-state index contributed by atoms with van der Waals surface area (Å²) in [5.41, 5.74) is 0. The van der Waals surface area contributed by atoms with Crippen molar-refractivity contribution in [2.24, 2.45) is 5.92 Å². The van der Waals surface area contributed by atoms with Crippen LogP contribution in [0.3, 0.4) is 0 Å². The molecule has 90 valence electrons. The molecule has 0 bridgehead atoms. The van der Waals surface area contributed by atoms with E-state index in [1.165, 1.54) is 6.42 Å². The fraction of sp³-hybridized carbons (Fsp3) is 0.769. The largest absolute Gasteiger partial charge is 0.394 e. The summed E-state index contributed by atoms with van der Waals surface area (Å²) in [5, 5.41) is 9.37. The average Bonchev–Trinajstić information content (AvgIpc) is 2.73. The van der Waals surface area contributed by atoms with Crippen LogP contribution in [0.1, 0.15) is 38.5 Å². The molecule has 3 heteroatoms. The lowest BCUT2D eigenvalue weighted by Crippen LogP contribution is -2.44. The molecule has 2 rings (SSSR count). The van der Waals surface area contributed by atoms with Crippen LogP contribution in [-0.4, -0.2) is 35.1 Å². The second-order valence-electron chi connectivity index (χ2n) is 4.86. The topological polar surface area (TPSA) is 40.5 Å². The number of hydrogen-bond acceptors (Lipinski definition) is 2. The molecule has 16 heavy (non-hydrogen) atoms. The molecule has 0 saturated carbocycles. The first-order valence-corrected chi connectivity index (χ1v) is 6.39. The Morgan fingerprint density at radius 2 is 2.00 bits per heavy atom. The Morgan fingerprint density at radius 1 is 1.25 bits per heavy atom. The molecule has 0 radical (unpaired) electrons. The van der Waals surface area contributed by atoms with Gasteiger partial charge in [0, 0.05) is 12.5 Å². The van der Waals surface area contributed by atoms with Crippen molar-refractivity contribution in [3.8, 4) is 0 Å². The predicted molar refractivity (Wildman–Crippen MR) is 62.9 cm³/mol. The van der Waals surface area contributed by atoms with Crippen molar-refractivity contribution in [3.63, 3.8) is 0 Å². The zero-order chi connectivity index (χ0) is 11.4. The second kappa shape index (κ2) is 5.48. The molecule has 3 nitrogen and oxygen atoms in total. The van der Waals surface area contributed by atoms with Crippen molar-refractivity contribution in [1.29, 1.82) is 0 Å². The van der Waals surface area contributed by atoms with E-state index in [1.54, 1.807) is 0 Å². The molecule has 1 heterocycles. The van der Waals surface area contributed by atoms with Crippen LogP contribution in [0, 0.1) is 5.92 Å². The normalized spacial score (nSPS) is 27.1. The molecule has 0 aromatic heterocycles. The Bertz CT molecular complexity index is 267. The minimum Gasteiger partial charge on any atom is -0.394 e. The number of hydrogen-bond donors (Lipinski definition) is 1. The Labute approximate surface area is 97.1 Å². The van der Waals surface area contributed by atoms with Gasteiger partial charge in [-0.05, 0) is 25.7 Å². The lowest BCUT2D eigenvalue weighted by molar-refractivity contribution is -0.138. The summed E-state index contributed by atoms with van der Waals surface area (Å²) < 4.78 is 0. The van der Waals surface area contributed by atoms with Crippen molar-refractivity contribution in [2.45, 2.75) is 44.6 Å². The average molecular weight is 223 g/mol. The van der Waals surface area contributed by atoms with Gasteiger partial charge < -0.3 is 10.0 Å². The van der Waals surface area contributed by atoms with Gasteiger partial charge in [0.1, 0.15) is 0 Å². The molecule has 1 amide bonds. The third kappa shape index (κ3) is 2.46. The zero-order valence-corrected chi connectivity index (χ0v) is 9.77. The van der Waals surface area contributed by atoms with Gasteiger partial charge in [-0.2, -0.15) is 0 Å². The number of nitrogens with zero attached hydrogens (tertiary/aromatic N) is 1. The first-order chi connectivity index (χ1) is 7.83. The molecule has 0 aromatic rings. The second-order valence-corrected chi connectivity index (χ2v) is 4.86. The van der Waals surface area contributed by atoms with Crippen LogP contribution in [0.4, 0.5) is 0 Å². The molecular formula is C13H21NO2. The maximum absolute atomic E-state index is 12.3. The SMILES string of the molecule is O=C(C1CC=CC1)N1CCCCCC1CO. The highest BCUT2D eigenvalue weighted by Crippen LogP contribution is 2.24. The Kier molecular flexibility index (Phi) is 3.99. The Morgan fingerprint density at radius 3 is 2.69 bits per heavy atom. The van der Waals surface area contributed by atoms with Crippen molar-refractivity contribution in [3.05, 3.63) is 12.2 Å². The van der Waals surface area contributed by atoms with E-state index in [0.717, 1.165) is 38.6 Å². The van der Waals surface area contributed by atoms with E-state index < -0.39 is 0 Å². The number of carbonyl (C=O) groups is 1. The number of carbonyl (C=O) groups excluding carboxylic acids is 1. The highest BCUT2D eigenvalue weighted by Gasteiger charge is 2.30. The number of amides is 1. The zero-order valence-electron chi connectivity index (χ0n) is 9.77. The minimum absolute atomic E-state index is 0.0654. The van der Waals surface area contributed by atoms with Gasteiger partial charge in [-0.25, -0.2) is 0 Å². The summed E-state index contributed by atoms with van der Waals surface area (Å²) in [6.45, 7) is 0.951. The van der Waals surface area contributed by atoms with Gasteiger partial charge in [-0.1, -0.05) is 25.0 Å². The van der Waals surface area contributed by atoms with E-state index in [4.69, 9.17) is 0 Å². The van der Waals surface area contributed by atoms with E-state index in [9.17, 15) is 9.90 Å². The summed E-state index contributed by atoms with van der Waals surface area (Å²) in [7, 11) is 0. The minimum atomic E-state index is 0.0654. The maximum Gasteiger partial charge on any atom is 0.226 e. The summed E-state index contributed by atoms with van der Waals surface area (Å²) in [4.78, 5) is 14.2. The molecule has 1 saturated heterocycles. The lowest BCUT2D eigenvalue weighted by Gasteiger charge is -2.31. The van der Waals surface area contributed by atoms with Gasteiger partial charge in [0.25, 0.3) is 0 Å². The molecule has 1 fully saturated rings. The first-order valence-electron chi connectivity index (χ1n) is 6.39. The van der Waals surface area contributed by atoms with Crippen LogP contribution in [-0.2, 0) is 4.79 Å². The molecule has 1 aliphatic heterocycles. The standard InChI is InChI=1S/C13H21NO2/c15-10-12-8-2-1-5-9-14(12)13(16)11-6-3-4-7-11/h3-4,11-12,15H,1-2,5-10H2. The highest BCUT2D eigenvalue weighted by atomic mass is 16.3. The molecule has 1 aliphatic carbocycles. The summed E-state index contributed by atoms with van der Waals surface area (Å²) >= 11 is 0. The monoisotopic (exact) mass is 223 g/mol. The van der Waals surface area contributed by atoms with E-state index >= 15 is 0 Å². The molecule has 1 N–H and O–H groups in total. The number of aliphatic hydroxyl groups is 1. The number of likely N-dealkylation sites (tertiary alicyclic amines) is 1. The van der Waals surface area contributed by atoms with Crippen molar-refractivity contribution < 1.29 is 9.90 Å². The molecule has 1 atom stereocenters. The van der Waals surface area contributed by atoms with E-state index in [0.29, 0.717) is 0 Å². The molecule has 0 aromatic carbocycles. The van der Waals surface area contributed by atoms with Crippen molar-refractivity contribution in [2.75, 3.05) is 13.2 Å². The van der Waals surface area contributed by atoms with Crippen LogP contribution >= 0.6 is 0 Å². The van der Waals surface area contributed by atoms with E-state index in [-0.39, 0.29) is 24.5 Å². The van der Waals surface area contributed by atoms with Crippen LogP contribution in [0.2, 0.25) is 0 Å². The van der Waals surface area contributed by atoms with Crippen LogP contribution in [0.5, 0.6) is 0 Å². The summed E-state index contributed by atoms with van der Waals surface area (Å²) in [6, 6.07) is 0.0654. The fourth-order valence-corrected chi connectivity index (χ4v) is 2.71. The van der Waals surface area contributed by atoms with Gasteiger partial charge >= 0.3 is 0 Å². The van der Waals surface area contributed by atoms with Crippen LogP contribution in [0.15, 0.2) is 12.2 Å².